The maximum atomic E-state index is 14.4. The van der Waals surface area contributed by atoms with Crippen molar-refractivity contribution in [1.29, 1.82) is 0 Å². The Bertz CT molecular complexity index is 2250. The maximum absolute atomic E-state index is 14.4. The summed E-state index contributed by atoms with van der Waals surface area (Å²) in [5.41, 5.74) is 23.1. The number of aliphatic carboxylic acids is 2. The summed E-state index contributed by atoms with van der Waals surface area (Å²) >= 11 is 0. The first-order valence-corrected chi connectivity index (χ1v) is 23.7. The third kappa shape index (κ3) is 22.0. The topological polar surface area (TPSA) is 416 Å². The third-order valence-corrected chi connectivity index (χ3v) is 11.7. The van der Waals surface area contributed by atoms with Crippen molar-refractivity contribution < 1.29 is 58.1 Å². The van der Waals surface area contributed by atoms with Crippen molar-refractivity contribution in [3.63, 3.8) is 0 Å². The molecular formula is C48H73N13O12. The molecule has 1 aromatic carbocycles. The summed E-state index contributed by atoms with van der Waals surface area (Å²) in [7, 11) is 1.60. The van der Waals surface area contributed by atoms with Crippen LogP contribution < -0.4 is 60.2 Å². The molecule has 0 aliphatic carbocycles. The molecule has 10 atom stereocenters. The van der Waals surface area contributed by atoms with E-state index in [4.69, 9.17) is 27.7 Å². The van der Waals surface area contributed by atoms with Crippen molar-refractivity contribution in [3.8, 4) is 0 Å². The number of guanidine groups is 2. The fraction of sp³-hybridized carbons (Fsp3) is 0.521. The van der Waals surface area contributed by atoms with Gasteiger partial charge >= 0.3 is 11.9 Å². The third-order valence-electron chi connectivity index (χ3n) is 11.7. The number of carbonyl (C=O) groups excluding carboxylic acids is 7. The normalized spacial score (nSPS) is 24.6. The van der Waals surface area contributed by atoms with Crippen LogP contribution in [0.25, 0.3) is 0 Å². The van der Waals surface area contributed by atoms with Gasteiger partial charge in [0.15, 0.2) is 11.9 Å². The molecular weight excluding hydrogens is 951 g/mol. The lowest BCUT2D eigenvalue weighted by molar-refractivity contribution is -0.146. The summed E-state index contributed by atoms with van der Waals surface area (Å²) in [6, 6.07) is 0.625. The predicted octanol–water partition coefficient (Wildman–Crippen LogP) is -1.72. The molecule has 0 spiro atoms. The number of nitrogens with zero attached hydrogens (tertiary/aromatic N) is 2. The molecule has 1 heterocycles. The van der Waals surface area contributed by atoms with Crippen LogP contribution in [0.15, 0.2) is 76.4 Å². The van der Waals surface area contributed by atoms with Gasteiger partial charge in [-0.1, -0.05) is 81.5 Å². The Labute approximate surface area is 424 Å². The number of carbonyl (C=O) groups is 9. The second-order valence-corrected chi connectivity index (χ2v) is 17.7. The van der Waals surface area contributed by atoms with Crippen LogP contribution in [0, 0.1) is 17.8 Å². The second kappa shape index (κ2) is 30.8. The number of carboxylic acid groups (broad SMARTS) is 2. The largest absolute Gasteiger partial charge is 0.480 e. The predicted molar refractivity (Wildman–Crippen MR) is 270 cm³/mol. The number of methoxy groups -OCH3 is 1. The number of hydrogen-bond donors (Lipinski definition) is 13. The lowest BCUT2D eigenvalue weighted by atomic mass is 9.94. The molecule has 2 rings (SSSR count). The van der Waals surface area contributed by atoms with Gasteiger partial charge in [0.1, 0.15) is 30.2 Å². The van der Waals surface area contributed by atoms with Gasteiger partial charge < -0.3 is 75.1 Å². The van der Waals surface area contributed by atoms with Crippen LogP contribution in [-0.2, 0) is 54.3 Å². The van der Waals surface area contributed by atoms with Gasteiger partial charge in [0, 0.05) is 32.5 Å². The van der Waals surface area contributed by atoms with Crippen LogP contribution in [0.2, 0.25) is 0 Å². The lowest BCUT2D eigenvalue weighted by Gasteiger charge is -2.28. The zero-order valence-corrected chi connectivity index (χ0v) is 42.1. The van der Waals surface area contributed by atoms with Crippen molar-refractivity contribution in [2.75, 3.05) is 20.2 Å². The van der Waals surface area contributed by atoms with Crippen molar-refractivity contribution in [1.82, 2.24) is 37.2 Å². The van der Waals surface area contributed by atoms with Crippen LogP contribution in [0.3, 0.4) is 0 Å². The number of allylic oxidation sites excluding steroid dienone is 2. The molecule has 17 N–H and O–H groups in total. The Balaban J connectivity index is 2.71. The molecule has 0 unspecified atom stereocenters. The summed E-state index contributed by atoms with van der Waals surface area (Å²) < 4.78 is 5.81. The lowest BCUT2D eigenvalue weighted by Crippen LogP contribution is -2.59. The number of nitrogens with one attached hydrogen (secondary N) is 7. The summed E-state index contributed by atoms with van der Waals surface area (Å²) in [4.78, 5) is 128. The number of hydrogen-bond acceptors (Lipinski definition) is 12. The molecule has 402 valence electrons. The smallest absolute Gasteiger partial charge is 0.327 e. The van der Waals surface area contributed by atoms with E-state index < -0.39 is 120 Å². The zero-order chi connectivity index (χ0) is 54.9. The van der Waals surface area contributed by atoms with E-state index in [2.05, 4.69) is 53.8 Å². The van der Waals surface area contributed by atoms with Gasteiger partial charge in [-0.25, -0.2) is 9.59 Å². The minimum atomic E-state index is -1.95. The number of ether oxygens (including phenoxy) is 1. The highest BCUT2D eigenvalue weighted by atomic mass is 16.5. The minimum Gasteiger partial charge on any atom is -0.480 e. The van der Waals surface area contributed by atoms with Crippen molar-refractivity contribution in [3.05, 3.63) is 72.0 Å². The molecule has 1 fully saturated rings. The standard InChI is InChI=1S/C48H73N13O12/c1-25(23-26(2)36(73-7)24-31-13-9-8-10-14-31)17-18-32-27(3)39(63)60-35(45(69)70)19-20-37(62)55-29(5)41(65)56-30(6)42(66)59-34(16-12-22-54-48(51)52)44(68)61-38(46(71)72)28(4)40(64)58-33(43(67)57-32)15-11-21-53-47(49)50/h8-10,13-14,17-18,23,26-28,30,32-36,38H,5,11-12,15-16,19-22,24H2,1-4,6-7H3,(H,55,62)(H,56,65)(H,57,67)(H,58,64)(H,59,66)(H,60,63)(H,61,68)(H,69,70)(H,71,72)(H4,49,50,53)(H4,51,52,54)/b18-17+,25-23+/t26-,27-,28+,30+,32-,33-,34+,35+,36-,38+/m0/s1. The summed E-state index contributed by atoms with van der Waals surface area (Å²) in [6.45, 7) is 11.1. The fourth-order valence-electron chi connectivity index (χ4n) is 7.35. The first-order chi connectivity index (χ1) is 34.3. The number of aliphatic imine (C=N–C) groups is 2. The van der Waals surface area contributed by atoms with Crippen LogP contribution in [0.4, 0.5) is 0 Å². The van der Waals surface area contributed by atoms with Crippen molar-refractivity contribution in [2.45, 2.75) is 122 Å². The van der Waals surface area contributed by atoms with Crippen molar-refractivity contribution in [2.24, 2.45) is 50.7 Å². The highest BCUT2D eigenvalue weighted by molar-refractivity contribution is 6.00. The molecule has 1 aliphatic heterocycles. The Hall–Kier alpha value is -7.83. The first kappa shape index (κ1) is 61.3. The molecule has 1 aromatic rings. The summed E-state index contributed by atoms with van der Waals surface area (Å²) in [6.07, 6.45) is 4.35. The first-order valence-electron chi connectivity index (χ1n) is 23.7. The molecule has 1 saturated heterocycles. The van der Waals surface area contributed by atoms with Crippen LogP contribution in [0.5, 0.6) is 0 Å². The molecule has 25 heteroatoms. The monoisotopic (exact) mass is 1020 g/mol. The van der Waals surface area contributed by atoms with Gasteiger partial charge in [-0.2, -0.15) is 0 Å². The average molecular weight is 1020 g/mol. The van der Waals surface area contributed by atoms with Crippen LogP contribution >= 0.6 is 0 Å². The molecule has 0 saturated carbocycles. The quantitative estimate of drug-likeness (QED) is 0.0271. The molecule has 0 bridgehead atoms. The van der Waals surface area contributed by atoms with E-state index in [0.717, 1.165) is 5.56 Å². The second-order valence-electron chi connectivity index (χ2n) is 17.7. The van der Waals surface area contributed by atoms with E-state index in [1.165, 1.54) is 26.8 Å². The van der Waals surface area contributed by atoms with Crippen LogP contribution in [0.1, 0.15) is 78.7 Å². The Kier molecular flexibility index (Phi) is 25.9. The van der Waals surface area contributed by atoms with Gasteiger partial charge in [-0.05, 0) is 57.9 Å². The number of amides is 7. The van der Waals surface area contributed by atoms with E-state index in [0.29, 0.717) is 12.0 Å². The Morgan fingerprint density at radius 3 is 1.85 bits per heavy atom. The van der Waals surface area contributed by atoms with Crippen molar-refractivity contribution >= 4 is 65.2 Å². The SMILES string of the molecule is C=C1NC(=O)CC[C@H](C(=O)O)NC(=O)[C@@H](C)[C@H](/C=C/C(C)=C/[C@H](C)[C@H](Cc2ccccc2)OC)NC(=O)[C@H](CCCN=C(N)N)NC(=O)[C@H](C)[C@H](C(=O)O)NC(=O)[C@@H](CCCN=C(N)N)NC(=O)[C@@H](C)NC1=O. The van der Waals surface area contributed by atoms with E-state index in [1.54, 1.807) is 20.1 Å². The summed E-state index contributed by atoms with van der Waals surface area (Å²) in [5.74, 6) is -13.2. The van der Waals surface area contributed by atoms with Gasteiger partial charge in [0.05, 0.1) is 29.7 Å². The van der Waals surface area contributed by atoms with Gasteiger partial charge in [0.25, 0.3) is 5.91 Å². The highest BCUT2D eigenvalue weighted by Gasteiger charge is 2.37. The summed E-state index contributed by atoms with van der Waals surface area (Å²) in [5, 5.41) is 37.4. The van der Waals surface area contributed by atoms with Gasteiger partial charge in [0.2, 0.25) is 35.4 Å². The number of benzene rings is 1. The molecule has 0 aromatic heterocycles. The zero-order valence-electron chi connectivity index (χ0n) is 42.1. The number of carboxylic acids is 2. The highest BCUT2D eigenvalue weighted by Crippen LogP contribution is 2.18. The number of nitrogens with two attached hydrogens (primary N) is 4. The van der Waals surface area contributed by atoms with Gasteiger partial charge in [-0.15, -0.1) is 0 Å². The van der Waals surface area contributed by atoms with E-state index in [1.807, 2.05) is 43.3 Å². The van der Waals surface area contributed by atoms with E-state index in [-0.39, 0.29) is 62.7 Å². The number of rotatable bonds is 17. The molecule has 1 aliphatic rings. The van der Waals surface area contributed by atoms with E-state index >= 15 is 0 Å². The molecule has 7 amide bonds. The van der Waals surface area contributed by atoms with E-state index in [9.17, 15) is 53.4 Å². The molecule has 25 nitrogen and oxygen atoms in total. The molecule has 73 heavy (non-hydrogen) atoms. The Morgan fingerprint density at radius 2 is 1.32 bits per heavy atom. The van der Waals surface area contributed by atoms with Crippen LogP contribution in [-0.4, -0.2) is 138 Å². The average Bonchev–Trinajstić information content (AvgIpc) is 3.32. The molecule has 0 radical (unpaired) electrons. The van der Waals surface area contributed by atoms with Gasteiger partial charge in [-0.3, -0.25) is 43.5 Å². The maximum Gasteiger partial charge on any atom is 0.327 e. The Morgan fingerprint density at radius 1 is 0.767 bits per heavy atom. The minimum absolute atomic E-state index is 0.00367. The fourth-order valence-corrected chi connectivity index (χ4v) is 7.35.